The van der Waals surface area contributed by atoms with Crippen molar-refractivity contribution in [3.8, 4) is 0 Å². The molecule has 0 saturated carbocycles. The smallest absolute Gasteiger partial charge is 0.151 e. The number of carbonyl (C=O) groups excluding carboxylic acids is 1. The molecule has 0 unspecified atom stereocenters. The van der Waals surface area contributed by atoms with Gasteiger partial charge in [0.2, 0.25) is 0 Å². The minimum Gasteiger partial charge on any atom is -0.354 e. The fraction of sp³-hybridized carbons (Fsp3) is 0. The predicted molar refractivity (Wildman–Crippen MR) is 126 cm³/mol. The van der Waals surface area contributed by atoms with Gasteiger partial charge in [-0.3, -0.25) is 4.79 Å². The van der Waals surface area contributed by atoms with Gasteiger partial charge in [0.05, 0.1) is 22.7 Å². The van der Waals surface area contributed by atoms with E-state index < -0.39 is 0 Å². The van der Waals surface area contributed by atoms with Crippen LogP contribution in [0.4, 0.5) is 22.7 Å². The summed E-state index contributed by atoms with van der Waals surface area (Å²) < 4.78 is 0. The number of hydrogen-bond donors (Lipinski definition) is 2. The molecule has 0 bridgehead atoms. The van der Waals surface area contributed by atoms with Crippen molar-refractivity contribution in [3.63, 3.8) is 0 Å². The van der Waals surface area contributed by atoms with Gasteiger partial charge in [0, 0.05) is 25.1 Å². The molecule has 2 N–H and O–H groups in total. The van der Waals surface area contributed by atoms with E-state index in [1.54, 1.807) is 11.8 Å². The Kier molecular flexibility index (Phi) is 5.22. The second-order valence-electron chi connectivity index (χ2n) is 6.78. The zero-order valence-corrected chi connectivity index (χ0v) is 17.6. The fourth-order valence-electron chi connectivity index (χ4n) is 3.36. The molecule has 0 fully saturated rings. The summed E-state index contributed by atoms with van der Waals surface area (Å²) in [6, 6.07) is 30.6. The van der Waals surface area contributed by atoms with Gasteiger partial charge in [-0.15, -0.1) is 0 Å². The van der Waals surface area contributed by atoms with Crippen LogP contribution in [0.15, 0.2) is 111 Å². The Hall–Kier alpha value is -3.15. The molecular weight excluding hydrogens is 408 g/mol. The maximum absolute atomic E-state index is 10.9. The van der Waals surface area contributed by atoms with Crippen molar-refractivity contribution in [1.29, 1.82) is 0 Å². The molecule has 0 atom stereocenters. The Morgan fingerprint density at radius 3 is 1.57 bits per heavy atom. The lowest BCUT2D eigenvalue weighted by Gasteiger charge is -2.21. The van der Waals surface area contributed by atoms with Crippen LogP contribution in [0.1, 0.15) is 10.4 Å². The third-order valence-corrected chi connectivity index (χ3v) is 7.19. The summed E-state index contributed by atoms with van der Waals surface area (Å²) >= 11 is 3.46. The first kappa shape index (κ1) is 18.9. The van der Waals surface area contributed by atoms with Gasteiger partial charge in [-0.05, 0) is 42.5 Å². The molecular formula is C25H18N2OS2. The van der Waals surface area contributed by atoms with E-state index in [-0.39, 0.29) is 0 Å². The van der Waals surface area contributed by atoms with Gasteiger partial charge >= 0.3 is 0 Å². The summed E-state index contributed by atoms with van der Waals surface area (Å²) in [6.45, 7) is 0. The average molecular weight is 427 g/mol. The van der Waals surface area contributed by atoms with Crippen LogP contribution in [0, 0.1) is 0 Å². The van der Waals surface area contributed by atoms with Gasteiger partial charge < -0.3 is 10.6 Å². The van der Waals surface area contributed by atoms with Crippen LogP contribution in [0.2, 0.25) is 0 Å². The molecule has 4 aromatic carbocycles. The molecule has 2 heterocycles. The summed E-state index contributed by atoms with van der Waals surface area (Å²) in [6.07, 6.45) is 0.904. The summed E-state index contributed by atoms with van der Waals surface area (Å²) in [4.78, 5) is 15.7. The zero-order chi connectivity index (χ0) is 20.3. The van der Waals surface area contributed by atoms with Gasteiger partial charge in [-0.2, -0.15) is 0 Å². The van der Waals surface area contributed by atoms with Crippen LogP contribution in [-0.2, 0) is 0 Å². The maximum Gasteiger partial charge on any atom is 0.151 e. The molecule has 30 heavy (non-hydrogen) atoms. The number of rotatable bonds is 1. The quantitative estimate of drug-likeness (QED) is 0.265. The van der Waals surface area contributed by atoms with E-state index in [1.165, 1.54) is 21.2 Å². The van der Waals surface area contributed by atoms with Crippen LogP contribution in [-0.4, -0.2) is 6.29 Å². The van der Waals surface area contributed by atoms with E-state index >= 15 is 0 Å². The molecule has 2 aliphatic rings. The number of nitrogens with one attached hydrogen (secondary N) is 2. The molecule has 0 saturated heterocycles. The summed E-state index contributed by atoms with van der Waals surface area (Å²) in [5.74, 6) is 0. The monoisotopic (exact) mass is 426 g/mol. The highest BCUT2D eigenvalue weighted by Gasteiger charge is 2.17. The highest BCUT2D eigenvalue weighted by molar-refractivity contribution is 8.00. The Balaban J connectivity index is 0.000000130. The van der Waals surface area contributed by atoms with Crippen molar-refractivity contribution < 1.29 is 4.79 Å². The minimum absolute atomic E-state index is 0.740. The molecule has 5 heteroatoms. The largest absolute Gasteiger partial charge is 0.354 e. The molecule has 3 nitrogen and oxygen atoms in total. The van der Waals surface area contributed by atoms with Gasteiger partial charge in [0.25, 0.3) is 0 Å². The number of fused-ring (bicyclic) bond motifs is 4. The average Bonchev–Trinajstić information content (AvgIpc) is 2.81. The van der Waals surface area contributed by atoms with E-state index in [4.69, 9.17) is 0 Å². The second-order valence-corrected chi connectivity index (χ2v) is 8.92. The van der Waals surface area contributed by atoms with Gasteiger partial charge in [0.1, 0.15) is 0 Å². The number of hydrogen-bond acceptors (Lipinski definition) is 5. The summed E-state index contributed by atoms with van der Waals surface area (Å²) in [7, 11) is 0. The lowest BCUT2D eigenvalue weighted by molar-refractivity contribution is 0.112. The topological polar surface area (TPSA) is 41.1 Å². The number of anilines is 4. The predicted octanol–water partition coefficient (Wildman–Crippen LogP) is 7.60. The zero-order valence-electron chi connectivity index (χ0n) is 16.0. The maximum atomic E-state index is 10.9. The van der Waals surface area contributed by atoms with Crippen molar-refractivity contribution >= 4 is 52.6 Å². The number of aldehydes is 1. The molecule has 0 aliphatic carbocycles. The van der Waals surface area contributed by atoms with Crippen LogP contribution in [0.5, 0.6) is 0 Å². The van der Waals surface area contributed by atoms with Crippen LogP contribution < -0.4 is 10.6 Å². The lowest BCUT2D eigenvalue weighted by Crippen LogP contribution is -2.01. The minimum atomic E-state index is 0.740. The van der Waals surface area contributed by atoms with Crippen molar-refractivity contribution in [2.24, 2.45) is 0 Å². The van der Waals surface area contributed by atoms with Crippen LogP contribution >= 0.6 is 23.5 Å². The molecule has 146 valence electrons. The van der Waals surface area contributed by atoms with Gasteiger partial charge in [-0.25, -0.2) is 0 Å². The van der Waals surface area contributed by atoms with Crippen molar-refractivity contribution in [3.05, 3.63) is 96.6 Å². The van der Waals surface area contributed by atoms with E-state index in [9.17, 15) is 4.79 Å². The first-order chi connectivity index (χ1) is 14.8. The highest BCUT2D eigenvalue weighted by Crippen LogP contribution is 2.45. The molecule has 0 amide bonds. The first-order valence-corrected chi connectivity index (χ1v) is 11.2. The molecule has 4 aromatic rings. The van der Waals surface area contributed by atoms with Gasteiger partial charge in [0.15, 0.2) is 6.29 Å². The van der Waals surface area contributed by atoms with Crippen molar-refractivity contribution in [2.75, 3.05) is 10.6 Å². The Labute approximate surface area is 183 Å². The van der Waals surface area contributed by atoms with Crippen molar-refractivity contribution in [2.45, 2.75) is 19.6 Å². The second kappa shape index (κ2) is 8.30. The summed E-state index contributed by atoms with van der Waals surface area (Å²) in [5.41, 5.74) is 5.26. The Bertz CT molecular complexity index is 1150. The Morgan fingerprint density at radius 1 is 0.533 bits per heavy atom. The van der Waals surface area contributed by atoms with E-state index in [0.29, 0.717) is 0 Å². The van der Waals surface area contributed by atoms with Crippen molar-refractivity contribution in [1.82, 2.24) is 0 Å². The van der Waals surface area contributed by atoms with E-state index in [1.807, 2.05) is 48.2 Å². The number of carbonyl (C=O) groups is 1. The highest BCUT2D eigenvalue weighted by atomic mass is 32.2. The molecule has 0 aromatic heterocycles. The standard InChI is InChI=1S/C13H9NOS.C12H9NS/c15-8-9-4-3-6-11-13(9)16-12-7-2-1-5-10(12)14-11;1-3-7-11-9(5-1)13-10-6-2-4-8-12(10)14-11/h1-8,14H;1-8,13H. The van der Waals surface area contributed by atoms with Gasteiger partial charge in [-0.1, -0.05) is 72.1 Å². The lowest BCUT2D eigenvalue weighted by atomic mass is 10.2. The first-order valence-electron chi connectivity index (χ1n) is 9.57. The van der Waals surface area contributed by atoms with E-state index in [0.717, 1.165) is 33.0 Å². The molecule has 6 rings (SSSR count). The molecule has 0 radical (unpaired) electrons. The SMILES string of the molecule is O=Cc1cccc2c1Sc1ccccc1N2.c1ccc2c(c1)Nc1ccccc1S2. The fourth-order valence-corrected chi connectivity index (χ4v) is 5.40. The summed E-state index contributed by atoms with van der Waals surface area (Å²) in [5, 5.41) is 6.76. The normalized spacial score (nSPS) is 12.4. The molecule has 0 spiro atoms. The van der Waals surface area contributed by atoms with Crippen LogP contribution in [0.3, 0.4) is 0 Å². The number of para-hydroxylation sites is 3. The Morgan fingerprint density at radius 2 is 1.00 bits per heavy atom. The number of benzene rings is 4. The van der Waals surface area contributed by atoms with Crippen LogP contribution in [0.25, 0.3) is 0 Å². The molecule has 2 aliphatic heterocycles. The third kappa shape index (κ3) is 3.70. The third-order valence-electron chi connectivity index (χ3n) is 4.80. The van der Waals surface area contributed by atoms with E-state index in [2.05, 4.69) is 65.2 Å².